The monoisotopic (exact) mass is 263 g/mol. The van der Waals surface area contributed by atoms with Gasteiger partial charge in [-0.3, -0.25) is 0 Å². The zero-order valence-corrected chi connectivity index (χ0v) is 13.3. The summed E-state index contributed by atoms with van der Waals surface area (Å²) in [5.41, 5.74) is 3.84. The van der Waals surface area contributed by atoms with E-state index in [0.29, 0.717) is 0 Å². The van der Waals surface area contributed by atoms with Crippen LogP contribution in [0.2, 0.25) is 0 Å². The molecule has 0 spiro atoms. The Labute approximate surface area is 118 Å². The number of likely N-dealkylation sites (N-methyl/N-ethyl adjacent to an activating group) is 1. The summed E-state index contributed by atoms with van der Waals surface area (Å²) in [6, 6.07) is 6.92. The molecule has 0 fully saturated rings. The van der Waals surface area contributed by atoms with Gasteiger partial charge in [-0.25, -0.2) is 0 Å². The molecule has 0 aliphatic rings. The average Bonchev–Trinajstić information content (AvgIpc) is 2.37. The van der Waals surface area contributed by atoms with Crippen molar-refractivity contribution in [3.8, 4) is 0 Å². The van der Waals surface area contributed by atoms with E-state index in [1.54, 1.807) is 0 Å². The van der Waals surface area contributed by atoms with E-state index >= 15 is 0 Å². The molecule has 0 bridgehead atoms. The first kappa shape index (κ1) is 16.2. The molecule has 1 rings (SSSR count). The van der Waals surface area contributed by atoms with Crippen molar-refractivity contribution in [2.45, 2.75) is 59.6 Å². The van der Waals surface area contributed by atoms with Gasteiger partial charge in [0, 0.05) is 6.61 Å². The number of aryl methyl sites for hydroxylation is 2. The molecule has 0 aliphatic carbocycles. The Hall–Kier alpha value is -0.860. The highest BCUT2D eigenvalue weighted by Crippen LogP contribution is 2.34. The van der Waals surface area contributed by atoms with Crippen molar-refractivity contribution in [1.82, 2.24) is 5.32 Å². The molecule has 1 aromatic carbocycles. The zero-order valence-electron chi connectivity index (χ0n) is 13.3. The Balaban J connectivity index is 3.18. The molecule has 108 valence electrons. The van der Waals surface area contributed by atoms with Gasteiger partial charge in [-0.05, 0) is 51.8 Å². The molecule has 0 saturated carbocycles. The van der Waals surface area contributed by atoms with Crippen LogP contribution in [0.3, 0.4) is 0 Å². The van der Waals surface area contributed by atoms with Crippen LogP contribution >= 0.6 is 0 Å². The van der Waals surface area contributed by atoms with E-state index in [-0.39, 0.29) is 11.6 Å². The standard InChI is InChI=1S/C17H29NO/c1-7-17(6,19-9-3)16(18-8-2)15-11-10-13(4)12-14(15)5/h10-12,16,18H,7-9H2,1-6H3. The smallest absolute Gasteiger partial charge is 0.0845 e. The van der Waals surface area contributed by atoms with Gasteiger partial charge in [0.1, 0.15) is 0 Å². The predicted octanol–water partition coefficient (Wildman–Crippen LogP) is 4.16. The molecule has 1 aromatic rings. The van der Waals surface area contributed by atoms with E-state index in [9.17, 15) is 0 Å². The summed E-state index contributed by atoms with van der Waals surface area (Å²) >= 11 is 0. The molecule has 1 N–H and O–H groups in total. The van der Waals surface area contributed by atoms with Crippen molar-refractivity contribution in [1.29, 1.82) is 0 Å². The lowest BCUT2D eigenvalue weighted by Gasteiger charge is -2.38. The number of rotatable bonds is 7. The maximum atomic E-state index is 6.07. The zero-order chi connectivity index (χ0) is 14.5. The minimum atomic E-state index is -0.162. The highest BCUT2D eigenvalue weighted by molar-refractivity contribution is 5.34. The Bertz CT molecular complexity index is 402. The van der Waals surface area contributed by atoms with E-state index in [4.69, 9.17) is 4.74 Å². The van der Waals surface area contributed by atoms with Crippen molar-refractivity contribution in [3.63, 3.8) is 0 Å². The third kappa shape index (κ3) is 3.80. The largest absolute Gasteiger partial charge is 0.374 e. The Morgan fingerprint density at radius 3 is 2.37 bits per heavy atom. The summed E-state index contributed by atoms with van der Waals surface area (Å²) in [6.07, 6.45) is 0.992. The molecule has 0 aliphatic heterocycles. The molecular weight excluding hydrogens is 234 g/mol. The molecule has 2 nitrogen and oxygen atoms in total. The number of hydrogen-bond donors (Lipinski definition) is 1. The van der Waals surface area contributed by atoms with Crippen LogP contribution in [0.25, 0.3) is 0 Å². The summed E-state index contributed by atoms with van der Waals surface area (Å²) < 4.78 is 6.07. The van der Waals surface area contributed by atoms with Gasteiger partial charge >= 0.3 is 0 Å². The van der Waals surface area contributed by atoms with Gasteiger partial charge in [0.2, 0.25) is 0 Å². The van der Waals surface area contributed by atoms with Crippen molar-refractivity contribution in [2.24, 2.45) is 0 Å². The molecular formula is C17H29NO. The van der Waals surface area contributed by atoms with Crippen LogP contribution in [-0.2, 0) is 4.74 Å². The van der Waals surface area contributed by atoms with E-state index < -0.39 is 0 Å². The van der Waals surface area contributed by atoms with Gasteiger partial charge in [-0.15, -0.1) is 0 Å². The van der Waals surface area contributed by atoms with Crippen LogP contribution in [0, 0.1) is 13.8 Å². The SMILES string of the molecule is CCNC(c1ccc(C)cc1C)C(C)(CC)OCC. The summed E-state index contributed by atoms with van der Waals surface area (Å²) in [5.74, 6) is 0. The molecule has 0 radical (unpaired) electrons. The fourth-order valence-electron chi connectivity index (χ4n) is 2.73. The van der Waals surface area contributed by atoms with Crippen LogP contribution in [0.1, 0.15) is 56.8 Å². The van der Waals surface area contributed by atoms with E-state index in [2.05, 4.69) is 65.1 Å². The van der Waals surface area contributed by atoms with E-state index in [1.807, 2.05) is 0 Å². The van der Waals surface area contributed by atoms with Crippen LogP contribution in [0.5, 0.6) is 0 Å². The summed E-state index contributed by atoms with van der Waals surface area (Å²) in [7, 11) is 0. The average molecular weight is 263 g/mol. The maximum Gasteiger partial charge on any atom is 0.0845 e. The second kappa shape index (κ2) is 7.06. The third-order valence-electron chi connectivity index (χ3n) is 3.93. The lowest BCUT2D eigenvalue weighted by Crippen LogP contribution is -2.44. The number of hydrogen-bond acceptors (Lipinski definition) is 2. The molecule has 0 aromatic heterocycles. The Morgan fingerprint density at radius 1 is 1.21 bits per heavy atom. The number of nitrogens with one attached hydrogen (secondary N) is 1. The van der Waals surface area contributed by atoms with E-state index in [0.717, 1.165) is 19.6 Å². The van der Waals surface area contributed by atoms with Gasteiger partial charge in [0.25, 0.3) is 0 Å². The lowest BCUT2D eigenvalue weighted by molar-refractivity contribution is -0.0561. The highest BCUT2D eigenvalue weighted by atomic mass is 16.5. The van der Waals surface area contributed by atoms with Gasteiger partial charge in [-0.1, -0.05) is 37.6 Å². The first-order valence-corrected chi connectivity index (χ1v) is 7.43. The molecule has 2 atom stereocenters. The summed E-state index contributed by atoms with van der Waals surface area (Å²) in [6.45, 7) is 14.6. The van der Waals surface area contributed by atoms with Crippen molar-refractivity contribution in [3.05, 3.63) is 34.9 Å². The third-order valence-corrected chi connectivity index (χ3v) is 3.93. The first-order chi connectivity index (χ1) is 8.98. The van der Waals surface area contributed by atoms with Gasteiger partial charge < -0.3 is 10.1 Å². The van der Waals surface area contributed by atoms with Crippen LogP contribution < -0.4 is 5.32 Å². The molecule has 0 saturated heterocycles. The van der Waals surface area contributed by atoms with Gasteiger partial charge in [0.05, 0.1) is 11.6 Å². The highest BCUT2D eigenvalue weighted by Gasteiger charge is 2.34. The normalized spacial score (nSPS) is 16.1. The molecule has 2 unspecified atom stereocenters. The van der Waals surface area contributed by atoms with Crippen molar-refractivity contribution >= 4 is 0 Å². The fraction of sp³-hybridized carbons (Fsp3) is 0.647. The summed E-state index contributed by atoms with van der Waals surface area (Å²) in [5, 5.41) is 3.61. The molecule has 19 heavy (non-hydrogen) atoms. The van der Waals surface area contributed by atoms with Crippen molar-refractivity contribution < 1.29 is 4.74 Å². The second-order valence-electron chi connectivity index (χ2n) is 5.45. The predicted molar refractivity (Wildman–Crippen MR) is 82.7 cm³/mol. The Kier molecular flexibility index (Phi) is 6.02. The van der Waals surface area contributed by atoms with Gasteiger partial charge in [0.15, 0.2) is 0 Å². The second-order valence-corrected chi connectivity index (χ2v) is 5.45. The molecule has 0 heterocycles. The number of benzene rings is 1. The minimum absolute atomic E-state index is 0.162. The van der Waals surface area contributed by atoms with Gasteiger partial charge in [-0.2, -0.15) is 0 Å². The lowest BCUT2D eigenvalue weighted by atomic mass is 9.85. The summed E-state index contributed by atoms with van der Waals surface area (Å²) in [4.78, 5) is 0. The quantitative estimate of drug-likeness (QED) is 0.797. The first-order valence-electron chi connectivity index (χ1n) is 7.43. The van der Waals surface area contributed by atoms with Crippen LogP contribution in [0.4, 0.5) is 0 Å². The van der Waals surface area contributed by atoms with E-state index in [1.165, 1.54) is 16.7 Å². The van der Waals surface area contributed by atoms with Crippen molar-refractivity contribution in [2.75, 3.05) is 13.2 Å². The number of ether oxygens (including phenoxy) is 1. The van der Waals surface area contributed by atoms with Crippen LogP contribution in [-0.4, -0.2) is 18.8 Å². The topological polar surface area (TPSA) is 21.3 Å². The maximum absolute atomic E-state index is 6.07. The fourth-order valence-corrected chi connectivity index (χ4v) is 2.73. The Morgan fingerprint density at radius 2 is 1.89 bits per heavy atom. The molecule has 2 heteroatoms. The minimum Gasteiger partial charge on any atom is -0.374 e. The molecule has 0 amide bonds. The van der Waals surface area contributed by atoms with Crippen LogP contribution in [0.15, 0.2) is 18.2 Å².